The van der Waals surface area contributed by atoms with E-state index in [9.17, 15) is 23.7 Å². The fourth-order valence-corrected chi connectivity index (χ4v) is 3.58. The minimum Gasteiger partial charge on any atom is -0.388 e. The largest absolute Gasteiger partial charge is 0.388 e. The summed E-state index contributed by atoms with van der Waals surface area (Å²) in [5, 5.41) is 32.9. The first-order valence-electron chi connectivity index (χ1n) is 6.64. The molecule has 2 rings (SSSR count). The number of hydrogen-bond donors (Lipinski definition) is 3. The Labute approximate surface area is 122 Å². The third-order valence-electron chi connectivity index (χ3n) is 3.63. The second-order valence-electron chi connectivity index (χ2n) is 5.29. The van der Waals surface area contributed by atoms with Crippen molar-refractivity contribution in [1.82, 2.24) is 9.78 Å². The Balaban J connectivity index is 2.02. The van der Waals surface area contributed by atoms with E-state index in [1.54, 1.807) is 14.0 Å². The van der Waals surface area contributed by atoms with Crippen LogP contribution in [0.4, 0.5) is 0 Å². The van der Waals surface area contributed by atoms with Gasteiger partial charge in [0, 0.05) is 13.2 Å². The van der Waals surface area contributed by atoms with Crippen molar-refractivity contribution in [2.24, 2.45) is 7.05 Å². The first-order chi connectivity index (χ1) is 9.72. The smallest absolute Gasteiger partial charge is 0.197 e. The molecule has 2 unspecified atom stereocenters. The number of rotatable bonds is 4. The Hall–Kier alpha value is -1.00. The molecule has 1 aromatic rings. The molecule has 3 N–H and O–H groups in total. The Morgan fingerprint density at radius 2 is 1.95 bits per heavy atom. The molecule has 0 radical (unpaired) electrons. The fourth-order valence-electron chi connectivity index (χ4n) is 2.31. The normalized spacial score (nSPS) is 34.0. The SMILES string of the molecule is CC1O[C@H](CCS(=O)(=O)c2ccn(C)n2)C(O)[C@@H](O)[C@@H]1O. The van der Waals surface area contributed by atoms with E-state index in [1.165, 1.54) is 16.9 Å². The van der Waals surface area contributed by atoms with Crippen LogP contribution in [0.2, 0.25) is 0 Å². The van der Waals surface area contributed by atoms with Gasteiger partial charge in [-0.05, 0) is 19.4 Å². The number of aryl methyl sites for hydroxylation is 1. The van der Waals surface area contributed by atoms with Crippen LogP contribution in [-0.2, 0) is 21.6 Å². The highest BCUT2D eigenvalue weighted by atomic mass is 32.2. The number of aliphatic hydroxyl groups excluding tert-OH is 3. The molecule has 0 spiro atoms. The van der Waals surface area contributed by atoms with E-state index in [2.05, 4.69) is 5.10 Å². The van der Waals surface area contributed by atoms with Crippen LogP contribution in [0, 0.1) is 0 Å². The zero-order chi connectivity index (χ0) is 15.8. The Bertz CT molecular complexity index is 586. The van der Waals surface area contributed by atoms with Crippen molar-refractivity contribution < 1.29 is 28.5 Å². The minimum absolute atomic E-state index is 0.00813. The predicted molar refractivity (Wildman–Crippen MR) is 72.2 cm³/mol. The average Bonchev–Trinajstić information content (AvgIpc) is 2.86. The zero-order valence-electron chi connectivity index (χ0n) is 11.8. The molecule has 0 saturated carbocycles. The zero-order valence-corrected chi connectivity index (χ0v) is 12.6. The van der Waals surface area contributed by atoms with Crippen molar-refractivity contribution in [3.05, 3.63) is 12.3 Å². The summed E-state index contributed by atoms with van der Waals surface area (Å²) >= 11 is 0. The summed E-state index contributed by atoms with van der Waals surface area (Å²) in [4.78, 5) is 0. The number of aromatic nitrogens is 2. The summed E-state index contributed by atoms with van der Waals surface area (Å²) < 4.78 is 31.0. The quantitative estimate of drug-likeness (QED) is 0.614. The van der Waals surface area contributed by atoms with Crippen LogP contribution in [0.1, 0.15) is 13.3 Å². The van der Waals surface area contributed by atoms with Crippen molar-refractivity contribution >= 4 is 9.84 Å². The van der Waals surface area contributed by atoms with Crippen LogP contribution in [-0.4, -0.2) is 69.8 Å². The highest BCUT2D eigenvalue weighted by Crippen LogP contribution is 2.24. The predicted octanol–water partition coefficient (Wildman–Crippen LogP) is -1.55. The van der Waals surface area contributed by atoms with Crippen molar-refractivity contribution in [2.75, 3.05) is 5.75 Å². The summed E-state index contributed by atoms with van der Waals surface area (Å²) in [6.45, 7) is 1.56. The van der Waals surface area contributed by atoms with E-state index in [4.69, 9.17) is 4.74 Å². The second kappa shape index (κ2) is 6.01. The molecular weight excluding hydrogens is 300 g/mol. The van der Waals surface area contributed by atoms with Crippen molar-refractivity contribution in [3.63, 3.8) is 0 Å². The van der Waals surface area contributed by atoms with Gasteiger partial charge >= 0.3 is 0 Å². The van der Waals surface area contributed by atoms with Crippen LogP contribution in [0.25, 0.3) is 0 Å². The number of aliphatic hydroxyl groups is 3. The molecule has 1 saturated heterocycles. The van der Waals surface area contributed by atoms with Crippen molar-refractivity contribution in [1.29, 1.82) is 0 Å². The molecule has 1 fully saturated rings. The van der Waals surface area contributed by atoms with Crippen LogP contribution in [0.5, 0.6) is 0 Å². The third-order valence-corrected chi connectivity index (χ3v) is 5.26. The average molecular weight is 320 g/mol. The van der Waals surface area contributed by atoms with E-state index in [1.807, 2.05) is 0 Å². The lowest BCUT2D eigenvalue weighted by Gasteiger charge is -2.39. The minimum atomic E-state index is -3.58. The molecule has 8 nitrogen and oxygen atoms in total. The van der Waals surface area contributed by atoms with Gasteiger partial charge in [0.1, 0.15) is 18.3 Å². The Morgan fingerprint density at radius 1 is 1.29 bits per heavy atom. The molecule has 5 atom stereocenters. The lowest BCUT2D eigenvalue weighted by Crippen LogP contribution is -2.56. The molecule has 0 bridgehead atoms. The number of hydrogen-bond acceptors (Lipinski definition) is 7. The molecule has 1 aliphatic heterocycles. The summed E-state index contributed by atoms with van der Waals surface area (Å²) in [5.74, 6) is -0.263. The maximum atomic E-state index is 12.1. The van der Waals surface area contributed by atoms with Gasteiger partial charge in [-0.15, -0.1) is 0 Å². The molecule has 21 heavy (non-hydrogen) atoms. The van der Waals surface area contributed by atoms with Gasteiger partial charge in [0.25, 0.3) is 0 Å². The van der Waals surface area contributed by atoms with Gasteiger partial charge in [-0.2, -0.15) is 5.10 Å². The van der Waals surface area contributed by atoms with Gasteiger partial charge in [0.2, 0.25) is 0 Å². The van der Waals surface area contributed by atoms with E-state index in [0.29, 0.717) is 0 Å². The molecule has 1 aromatic heterocycles. The lowest BCUT2D eigenvalue weighted by molar-refractivity contribution is -0.217. The van der Waals surface area contributed by atoms with Gasteiger partial charge in [0.15, 0.2) is 14.9 Å². The topological polar surface area (TPSA) is 122 Å². The maximum absolute atomic E-state index is 12.1. The van der Waals surface area contributed by atoms with E-state index < -0.39 is 40.4 Å². The number of sulfone groups is 1. The molecule has 0 amide bonds. The first kappa shape index (κ1) is 16.4. The van der Waals surface area contributed by atoms with Crippen molar-refractivity contribution in [3.8, 4) is 0 Å². The second-order valence-corrected chi connectivity index (χ2v) is 7.34. The van der Waals surface area contributed by atoms with E-state index >= 15 is 0 Å². The summed E-state index contributed by atoms with van der Waals surface area (Å²) in [5.41, 5.74) is 0. The van der Waals surface area contributed by atoms with Gasteiger partial charge in [-0.25, -0.2) is 8.42 Å². The number of nitrogens with zero attached hydrogens (tertiary/aromatic N) is 2. The van der Waals surface area contributed by atoms with E-state index in [0.717, 1.165) is 0 Å². The molecular formula is C12H20N2O6S. The lowest BCUT2D eigenvalue weighted by atomic mass is 9.94. The maximum Gasteiger partial charge on any atom is 0.197 e. The van der Waals surface area contributed by atoms with Crippen LogP contribution in [0.15, 0.2) is 17.3 Å². The van der Waals surface area contributed by atoms with Crippen molar-refractivity contribution in [2.45, 2.75) is 48.9 Å². The molecule has 0 aromatic carbocycles. The van der Waals surface area contributed by atoms with Crippen LogP contribution < -0.4 is 0 Å². The number of ether oxygens (including phenoxy) is 1. The van der Waals surface area contributed by atoms with Gasteiger partial charge < -0.3 is 20.1 Å². The van der Waals surface area contributed by atoms with Gasteiger partial charge in [-0.3, -0.25) is 4.68 Å². The van der Waals surface area contributed by atoms with Gasteiger partial charge in [-0.1, -0.05) is 0 Å². The highest BCUT2D eigenvalue weighted by Gasteiger charge is 2.41. The first-order valence-corrected chi connectivity index (χ1v) is 8.29. The monoisotopic (exact) mass is 320 g/mol. The summed E-state index contributed by atoms with van der Waals surface area (Å²) in [6.07, 6.45) is -3.85. The van der Waals surface area contributed by atoms with Crippen LogP contribution >= 0.6 is 0 Å². The summed E-state index contributed by atoms with van der Waals surface area (Å²) in [6, 6.07) is 1.40. The Morgan fingerprint density at radius 3 is 2.52 bits per heavy atom. The molecule has 0 aliphatic carbocycles. The van der Waals surface area contributed by atoms with E-state index in [-0.39, 0.29) is 17.2 Å². The van der Waals surface area contributed by atoms with Gasteiger partial charge in [0.05, 0.1) is 18.0 Å². The highest BCUT2D eigenvalue weighted by molar-refractivity contribution is 7.91. The molecule has 120 valence electrons. The fraction of sp³-hybridized carbons (Fsp3) is 0.750. The summed E-state index contributed by atoms with van der Waals surface area (Å²) in [7, 11) is -1.96. The molecule has 1 aliphatic rings. The third kappa shape index (κ3) is 3.43. The molecule has 9 heteroatoms. The Kier molecular flexibility index (Phi) is 4.69. The van der Waals surface area contributed by atoms with Crippen LogP contribution in [0.3, 0.4) is 0 Å². The standard InChI is InChI=1S/C12H20N2O6S/c1-7-10(15)12(17)11(16)8(20-7)4-6-21(18,19)9-3-5-14(2)13-9/h3,5,7-8,10-12,15-17H,4,6H2,1-2H3/t7?,8-,10-,11?,12+/m1/s1. The molecule has 2 heterocycles.